The Labute approximate surface area is 125 Å². The second-order valence-corrected chi connectivity index (χ2v) is 5.38. The van der Waals surface area contributed by atoms with Gasteiger partial charge in [-0.1, -0.05) is 11.8 Å². The summed E-state index contributed by atoms with van der Waals surface area (Å²) < 4.78 is 0. The van der Waals surface area contributed by atoms with Crippen LogP contribution in [0.5, 0.6) is 0 Å². The highest BCUT2D eigenvalue weighted by Gasteiger charge is 2.25. The number of hydrogen-bond donors (Lipinski definition) is 1. The van der Waals surface area contributed by atoms with E-state index in [-0.39, 0.29) is 12.5 Å². The maximum absolute atomic E-state index is 12.4. The monoisotopic (exact) mass is 287 g/mol. The van der Waals surface area contributed by atoms with Crippen molar-refractivity contribution in [3.05, 3.63) is 29.6 Å². The molecule has 0 spiro atoms. The molecule has 1 fully saturated rings. The van der Waals surface area contributed by atoms with Gasteiger partial charge in [0.15, 0.2) is 0 Å². The first kappa shape index (κ1) is 15.5. The first-order valence-corrected chi connectivity index (χ1v) is 7.13. The molecule has 0 aliphatic carbocycles. The molecular formula is C16H21N3O2. The van der Waals surface area contributed by atoms with E-state index in [2.05, 4.69) is 35.8 Å². The van der Waals surface area contributed by atoms with Gasteiger partial charge >= 0.3 is 0 Å². The zero-order valence-electron chi connectivity index (χ0n) is 12.5. The second-order valence-electron chi connectivity index (χ2n) is 5.38. The molecule has 5 heteroatoms. The highest BCUT2D eigenvalue weighted by molar-refractivity contribution is 5.92. The molecule has 1 aliphatic rings. The van der Waals surface area contributed by atoms with Crippen LogP contribution in [0.1, 0.15) is 28.9 Å². The fourth-order valence-corrected chi connectivity index (χ4v) is 2.48. The number of piperidine rings is 1. The number of carbonyl (C=O) groups is 1. The lowest BCUT2D eigenvalue weighted by molar-refractivity contribution is 0.0657. The van der Waals surface area contributed by atoms with Crippen molar-refractivity contribution in [1.29, 1.82) is 0 Å². The van der Waals surface area contributed by atoms with E-state index in [0.717, 1.165) is 25.9 Å². The lowest BCUT2D eigenvalue weighted by Crippen LogP contribution is -2.44. The highest BCUT2D eigenvalue weighted by atomic mass is 16.2. The molecule has 1 aliphatic heterocycles. The van der Waals surface area contributed by atoms with Gasteiger partial charge in [0, 0.05) is 30.9 Å². The van der Waals surface area contributed by atoms with E-state index >= 15 is 0 Å². The summed E-state index contributed by atoms with van der Waals surface area (Å²) in [5.74, 6) is 5.30. The van der Waals surface area contributed by atoms with Crippen molar-refractivity contribution in [2.45, 2.75) is 18.9 Å². The zero-order valence-corrected chi connectivity index (χ0v) is 12.5. The molecule has 0 unspecified atom stereocenters. The van der Waals surface area contributed by atoms with Crippen molar-refractivity contribution in [3.8, 4) is 11.8 Å². The minimum absolute atomic E-state index is 0.0196. The third-order valence-electron chi connectivity index (χ3n) is 3.78. The Balaban J connectivity index is 1.97. The molecule has 0 atom stereocenters. The van der Waals surface area contributed by atoms with Crippen molar-refractivity contribution in [1.82, 2.24) is 14.8 Å². The highest BCUT2D eigenvalue weighted by Crippen LogP contribution is 2.16. The molecule has 5 nitrogen and oxygen atoms in total. The summed E-state index contributed by atoms with van der Waals surface area (Å²) in [6.07, 6.45) is 3.57. The van der Waals surface area contributed by atoms with E-state index in [1.807, 2.05) is 4.90 Å². The quantitative estimate of drug-likeness (QED) is 0.809. The Bertz CT molecular complexity index is 535. The lowest BCUT2D eigenvalue weighted by atomic mass is 10.0. The molecule has 2 heterocycles. The summed E-state index contributed by atoms with van der Waals surface area (Å²) in [6.45, 7) is 1.37. The molecule has 21 heavy (non-hydrogen) atoms. The molecule has 2 rings (SSSR count). The van der Waals surface area contributed by atoms with Crippen LogP contribution >= 0.6 is 0 Å². The number of aliphatic hydroxyl groups is 1. The number of carbonyl (C=O) groups excluding carboxylic acids is 1. The van der Waals surface area contributed by atoms with Gasteiger partial charge in [-0.05, 0) is 39.1 Å². The normalized spacial score (nSPS) is 15.7. The molecule has 1 aromatic heterocycles. The molecule has 0 bridgehead atoms. The molecule has 0 saturated carbocycles. The SMILES string of the molecule is CN(C)C1CCN(C(=O)c2ccc(C#CCO)cn2)CC1. The largest absolute Gasteiger partial charge is 0.384 e. The predicted molar refractivity (Wildman–Crippen MR) is 80.8 cm³/mol. The van der Waals surface area contributed by atoms with Crippen LogP contribution in [0.4, 0.5) is 0 Å². The predicted octanol–water partition coefficient (Wildman–Crippen LogP) is 0.592. The molecular weight excluding hydrogens is 266 g/mol. The van der Waals surface area contributed by atoms with Gasteiger partial charge in [0.05, 0.1) is 0 Å². The van der Waals surface area contributed by atoms with Gasteiger partial charge < -0.3 is 14.9 Å². The Hall–Kier alpha value is -1.90. The van der Waals surface area contributed by atoms with Crippen molar-refractivity contribution in [3.63, 3.8) is 0 Å². The summed E-state index contributed by atoms with van der Waals surface area (Å²) in [5, 5.41) is 8.64. The van der Waals surface area contributed by atoms with Crippen LogP contribution < -0.4 is 0 Å². The number of rotatable bonds is 2. The van der Waals surface area contributed by atoms with Gasteiger partial charge in [-0.15, -0.1) is 0 Å². The maximum atomic E-state index is 12.4. The second kappa shape index (κ2) is 7.21. The molecule has 112 valence electrons. The first-order valence-electron chi connectivity index (χ1n) is 7.13. The minimum atomic E-state index is -0.179. The van der Waals surface area contributed by atoms with E-state index < -0.39 is 0 Å². The van der Waals surface area contributed by atoms with E-state index in [1.54, 1.807) is 18.3 Å². The van der Waals surface area contributed by atoms with Crippen LogP contribution in [0.2, 0.25) is 0 Å². The summed E-state index contributed by atoms with van der Waals surface area (Å²) in [6, 6.07) is 4.01. The summed E-state index contributed by atoms with van der Waals surface area (Å²) in [4.78, 5) is 20.6. The van der Waals surface area contributed by atoms with E-state index in [1.165, 1.54) is 0 Å². The van der Waals surface area contributed by atoms with Gasteiger partial charge in [0.1, 0.15) is 12.3 Å². The summed E-state index contributed by atoms with van der Waals surface area (Å²) in [7, 11) is 4.16. The van der Waals surface area contributed by atoms with Crippen LogP contribution in [-0.2, 0) is 0 Å². The smallest absolute Gasteiger partial charge is 0.272 e. The average molecular weight is 287 g/mol. The molecule has 1 saturated heterocycles. The van der Waals surface area contributed by atoms with E-state index in [4.69, 9.17) is 5.11 Å². The van der Waals surface area contributed by atoms with Crippen LogP contribution in [0.3, 0.4) is 0 Å². The number of pyridine rings is 1. The fourth-order valence-electron chi connectivity index (χ4n) is 2.48. The average Bonchev–Trinajstić information content (AvgIpc) is 2.53. The first-order chi connectivity index (χ1) is 10.1. The number of nitrogens with zero attached hydrogens (tertiary/aromatic N) is 3. The zero-order chi connectivity index (χ0) is 15.2. The molecule has 1 aromatic rings. The van der Waals surface area contributed by atoms with Gasteiger partial charge in [0.25, 0.3) is 5.91 Å². The minimum Gasteiger partial charge on any atom is -0.384 e. The number of hydrogen-bond acceptors (Lipinski definition) is 4. The van der Waals surface area contributed by atoms with Crippen LogP contribution in [0.15, 0.2) is 18.3 Å². The maximum Gasteiger partial charge on any atom is 0.272 e. The fraction of sp³-hybridized carbons (Fsp3) is 0.500. The van der Waals surface area contributed by atoms with Gasteiger partial charge in [-0.3, -0.25) is 4.79 Å². The molecule has 1 amide bonds. The standard InChI is InChI=1S/C16H21N3O2/c1-18(2)14-7-9-19(10-8-14)16(21)15-6-5-13(12-17-15)4-3-11-20/h5-6,12,14,20H,7-11H2,1-2H3. The van der Waals surface area contributed by atoms with Crippen molar-refractivity contribution >= 4 is 5.91 Å². The number of likely N-dealkylation sites (tertiary alicyclic amines) is 1. The van der Waals surface area contributed by atoms with Gasteiger partial charge in [0.2, 0.25) is 0 Å². The molecule has 1 N–H and O–H groups in total. The Morgan fingerprint density at radius 2 is 2.14 bits per heavy atom. The molecule has 0 aromatic carbocycles. The van der Waals surface area contributed by atoms with E-state index in [9.17, 15) is 4.79 Å². The van der Waals surface area contributed by atoms with Crippen LogP contribution in [-0.4, -0.2) is 65.6 Å². The number of amides is 1. The third kappa shape index (κ3) is 4.03. The number of aliphatic hydroxyl groups excluding tert-OH is 1. The Morgan fingerprint density at radius 1 is 1.43 bits per heavy atom. The Morgan fingerprint density at radius 3 is 2.67 bits per heavy atom. The third-order valence-corrected chi connectivity index (χ3v) is 3.78. The topological polar surface area (TPSA) is 56.7 Å². The van der Waals surface area contributed by atoms with Gasteiger partial charge in [-0.25, -0.2) is 4.98 Å². The van der Waals surface area contributed by atoms with E-state index in [0.29, 0.717) is 17.3 Å². The van der Waals surface area contributed by atoms with Crippen LogP contribution in [0, 0.1) is 11.8 Å². The summed E-state index contributed by atoms with van der Waals surface area (Å²) >= 11 is 0. The Kier molecular flexibility index (Phi) is 5.32. The number of aromatic nitrogens is 1. The lowest BCUT2D eigenvalue weighted by Gasteiger charge is -2.35. The van der Waals surface area contributed by atoms with Crippen molar-refractivity contribution < 1.29 is 9.90 Å². The molecule has 0 radical (unpaired) electrons. The van der Waals surface area contributed by atoms with Crippen molar-refractivity contribution in [2.75, 3.05) is 33.8 Å². The summed E-state index contributed by atoms with van der Waals surface area (Å²) in [5.41, 5.74) is 1.15. The van der Waals surface area contributed by atoms with Crippen molar-refractivity contribution in [2.24, 2.45) is 0 Å². The van der Waals surface area contributed by atoms with Gasteiger partial charge in [-0.2, -0.15) is 0 Å². The van der Waals surface area contributed by atoms with Crippen LogP contribution in [0.25, 0.3) is 0 Å².